The highest BCUT2D eigenvalue weighted by molar-refractivity contribution is 4.47. The fourth-order valence-electron chi connectivity index (χ4n) is 0.888. The van der Waals surface area contributed by atoms with Crippen LogP contribution < -0.4 is 5.59 Å². The van der Waals surface area contributed by atoms with Crippen molar-refractivity contribution in [2.45, 2.75) is 6.10 Å². The summed E-state index contributed by atoms with van der Waals surface area (Å²) in [6.45, 7) is 0.178. The maximum atomic E-state index is 9.14. The van der Waals surface area contributed by atoms with Crippen LogP contribution in [0.15, 0.2) is 0 Å². The predicted molar refractivity (Wildman–Crippen MR) is 46.2 cm³/mol. The van der Waals surface area contributed by atoms with Gasteiger partial charge in [0.2, 0.25) is 0 Å². The van der Waals surface area contributed by atoms with Crippen LogP contribution in [0.2, 0.25) is 0 Å². The third-order valence-electron chi connectivity index (χ3n) is 1.38. The van der Waals surface area contributed by atoms with Gasteiger partial charge in [0.1, 0.15) is 12.6 Å². The van der Waals surface area contributed by atoms with Crippen molar-refractivity contribution in [2.24, 2.45) is 0 Å². The predicted octanol–water partition coefficient (Wildman–Crippen LogP) is -2.16. The molecule has 0 fully saturated rings. The van der Waals surface area contributed by atoms with Gasteiger partial charge in [0, 0.05) is 0 Å². The second kappa shape index (κ2) is 6.25. The van der Waals surface area contributed by atoms with E-state index < -0.39 is 6.10 Å². The van der Waals surface area contributed by atoms with Crippen LogP contribution in [-0.4, -0.2) is 66.5 Å². The molecule has 0 aliphatic rings. The molecule has 0 aliphatic carbocycles. The molecule has 4 N–H and O–H groups in total. The summed E-state index contributed by atoms with van der Waals surface area (Å²) in [5.41, 5.74) is 2.63. The highest BCUT2D eigenvalue weighted by atomic mass is 16.7. The molecular formula is C7H19N2O4+. The summed E-state index contributed by atoms with van der Waals surface area (Å²) in [4.78, 5) is 4.87. The zero-order valence-corrected chi connectivity index (χ0v) is 8.10. The minimum Gasteiger partial charge on any atom is -0.394 e. The molecule has 0 aromatic rings. The van der Waals surface area contributed by atoms with Gasteiger partial charge in [-0.15, -0.1) is 0 Å². The van der Waals surface area contributed by atoms with Crippen LogP contribution in [-0.2, 0) is 4.84 Å². The number of hydrogen-bond acceptors (Lipinski definition) is 5. The first-order valence-corrected chi connectivity index (χ1v) is 4.13. The fraction of sp³-hybridized carbons (Fsp3) is 1.00. The van der Waals surface area contributed by atoms with E-state index in [9.17, 15) is 0 Å². The fourth-order valence-corrected chi connectivity index (χ4v) is 0.888. The minimum atomic E-state index is -0.778. The number of nitrogens with one attached hydrogen (secondary N) is 1. The summed E-state index contributed by atoms with van der Waals surface area (Å²) in [5.74, 6) is 0. The van der Waals surface area contributed by atoms with Crippen molar-refractivity contribution in [1.29, 1.82) is 0 Å². The monoisotopic (exact) mass is 195 g/mol. The van der Waals surface area contributed by atoms with E-state index in [1.807, 2.05) is 0 Å². The Hall–Kier alpha value is -0.240. The Kier molecular flexibility index (Phi) is 6.13. The van der Waals surface area contributed by atoms with Crippen molar-refractivity contribution in [3.8, 4) is 0 Å². The second-order valence-electron chi connectivity index (χ2n) is 3.37. The van der Waals surface area contributed by atoms with Crippen LogP contribution in [0.3, 0.4) is 0 Å². The normalized spacial score (nSPS) is 14.5. The van der Waals surface area contributed by atoms with E-state index in [1.165, 1.54) is 0 Å². The molecule has 80 valence electrons. The summed E-state index contributed by atoms with van der Waals surface area (Å²) in [6, 6.07) is 0. The number of nitrogens with zero attached hydrogens (tertiary/aromatic N) is 1. The van der Waals surface area contributed by atoms with Crippen LogP contribution in [0.5, 0.6) is 0 Å². The highest BCUT2D eigenvalue weighted by Gasteiger charge is 2.20. The number of rotatable bonds is 7. The Morgan fingerprint density at radius 1 is 1.38 bits per heavy atom. The van der Waals surface area contributed by atoms with Gasteiger partial charge >= 0.3 is 0 Å². The first-order valence-electron chi connectivity index (χ1n) is 4.13. The van der Waals surface area contributed by atoms with Gasteiger partial charge in [-0.2, -0.15) is 0 Å². The molecule has 0 bridgehead atoms. The van der Waals surface area contributed by atoms with E-state index >= 15 is 0 Å². The third-order valence-corrected chi connectivity index (χ3v) is 1.38. The molecular weight excluding hydrogens is 176 g/mol. The SMILES string of the molecule is C[N+](C)(CC(O)CO)NOCCO. The molecule has 0 rings (SSSR count). The number of aliphatic hydroxyl groups is 3. The average molecular weight is 195 g/mol. The van der Waals surface area contributed by atoms with Gasteiger partial charge < -0.3 is 15.3 Å². The second-order valence-corrected chi connectivity index (χ2v) is 3.37. The van der Waals surface area contributed by atoms with Gasteiger partial charge in [-0.05, 0) is 5.59 Å². The summed E-state index contributed by atoms with van der Waals surface area (Å²) in [6.07, 6.45) is -0.778. The first kappa shape index (κ1) is 12.8. The average Bonchev–Trinajstić information content (AvgIpc) is 2.03. The van der Waals surface area contributed by atoms with Gasteiger partial charge in [0.05, 0.1) is 33.9 Å². The lowest BCUT2D eigenvalue weighted by Gasteiger charge is -2.29. The topological polar surface area (TPSA) is 82.0 Å². The lowest BCUT2D eigenvalue weighted by Crippen LogP contribution is -2.55. The quantitative estimate of drug-likeness (QED) is 0.211. The Bertz CT molecular complexity index is 132. The maximum Gasteiger partial charge on any atom is 0.128 e. The van der Waals surface area contributed by atoms with E-state index in [4.69, 9.17) is 20.2 Å². The first-order chi connectivity index (χ1) is 6.02. The molecule has 13 heavy (non-hydrogen) atoms. The van der Waals surface area contributed by atoms with E-state index in [1.54, 1.807) is 14.1 Å². The molecule has 0 saturated heterocycles. The van der Waals surface area contributed by atoms with Crippen molar-refractivity contribution in [3.05, 3.63) is 0 Å². The molecule has 0 amide bonds. The molecule has 1 atom stereocenters. The van der Waals surface area contributed by atoms with Gasteiger partial charge in [-0.25, -0.2) is 4.59 Å². The van der Waals surface area contributed by atoms with E-state index in [0.29, 0.717) is 6.54 Å². The van der Waals surface area contributed by atoms with Crippen molar-refractivity contribution in [3.63, 3.8) is 0 Å². The smallest absolute Gasteiger partial charge is 0.128 e. The van der Waals surface area contributed by atoms with E-state index in [0.717, 1.165) is 0 Å². The van der Waals surface area contributed by atoms with E-state index in [-0.39, 0.29) is 24.4 Å². The van der Waals surface area contributed by atoms with Crippen LogP contribution in [0.4, 0.5) is 0 Å². The Balaban J connectivity index is 3.65. The minimum absolute atomic E-state index is 0.0600. The zero-order chi connectivity index (χ0) is 10.3. The summed E-state index contributed by atoms with van der Waals surface area (Å²) in [5, 5.41) is 26.2. The molecule has 0 aliphatic heterocycles. The molecule has 0 spiro atoms. The molecule has 0 aromatic heterocycles. The van der Waals surface area contributed by atoms with Crippen molar-refractivity contribution in [2.75, 3.05) is 40.5 Å². The largest absolute Gasteiger partial charge is 0.394 e. The van der Waals surface area contributed by atoms with Gasteiger partial charge in [0.25, 0.3) is 0 Å². The zero-order valence-electron chi connectivity index (χ0n) is 8.10. The molecule has 6 nitrogen and oxygen atoms in total. The summed E-state index contributed by atoms with van der Waals surface area (Å²) < 4.78 is 0.210. The van der Waals surface area contributed by atoms with Crippen LogP contribution in [0.1, 0.15) is 0 Å². The van der Waals surface area contributed by atoms with Crippen LogP contribution in [0, 0.1) is 0 Å². The number of aliphatic hydroxyl groups excluding tert-OH is 3. The van der Waals surface area contributed by atoms with Gasteiger partial charge in [0.15, 0.2) is 0 Å². The lowest BCUT2D eigenvalue weighted by molar-refractivity contribution is -0.964. The molecule has 0 saturated carbocycles. The Morgan fingerprint density at radius 2 is 2.00 bits per heavy atom. The molecule has 0 aromatic carbocycles. The van der Waals surface area contributed by atoms with Gasteiger partial charge in [-0.1, -0.05) is 0 Å². The van der Waals surface area contributed by atoms with Crippen molar-refractivity contribution >= 4 is 0 Å². The lowest BCUT2D eigenvalue weighted by atomic mass is 10.3. The number of hydrogen-bond donors (Lipinski definition) is 4. The standard InChI is InChI=1S/C7H19N2O4/c1-9(2,5-7(12)6-11)8-13-4-3-10/h7-8,10-12H,3-6H2,1-2H3/q+1. The molecule has 6 heteroatoms. The Labute approximate surface area is 77.9 Å². The van der Waals surface area contributed by atoms with Crippen LogP contribution in [0.25, 0.3) is 0 Å². The maximum absolute atomic E-state index is 9.14. The van der Waals surface area contributed by atoms with Crippen LogP contribution >= 0.6 is 0 Å². The summed E-state index contributed by atoms with van der Waals surface area (Å²) in [7, 11) is 3.55. The molecule has 0 heterocycles. The van der Waals surface area contributed by atoms with E-state index in [2.05, 4.69) is 5.59 Å². The van der Waals surface area contributed by atoms with Crippen molar-refractivity contribution < 1.29 is 24.7 Å². The van der Waals surface area contributed by atoms with Gasteiger partial charge in [-0.3, -0.25) is 4.84 Å². The van der Waals surface area contributed by atoms with Crippen molar-refractivity contribution in [1.82, 2.24) is 5.59 Å². The third kappa shape index (κ3) is 6.88. The molecule has 1 unspecified atom stereocenters. The number of likely N-dealkylation sites (N-methyl/N-ethyl adjacent to an activating group) is 1. The summed E-state index contributed by atoms with van der Waals surface area (Å²) >= 11 is 0. The number of quaternary nitrogens is 1. The highest BCUT2D eigenvalue weighted by Crippen LogP contribution is 1.94. The Morgan fingerprint density at radius 3 is 2.46 bits per heavy atom. The molecule has 0 radical (unpaired) electrons.